The molecule has 0 unspecified atom stereocenters. The largest absolute Gasteiger partial charge is 0.375 e. The van der Waals surface area contributed by atoms with Gasteiger partial charge in [-0.3, -0.25) is 4.79 Å². The molecule has 20 heavy (non-hydrogen) atoms. The molecule has 0 atom stereocenters. The van der Waals surface area contributed by atoms with Crippen molar-refractivity contribution in [3.63, 3.8) is 0 Å². The van der Waals surface area contributed by atoms with Crippen LogP contribution in [0.25, 0.3) is 0 Å². The zero-order chi connectivity index (χ0) is 15.0. The van der Waals surface area contributed by atoms with E-state index in [1.165, 1.54) is 24.5 Å². The highest BCUT2D eigenvalue weighted by Gasteiger charge is 2.31. The fraction of sp³-hybridized carbons (Fsp3) is 0.706. The summed E-state index contributed by atoms with van der Waals surface area (Å²) in [6.45, 7) is 13.3. The third-order valence-electron chi connectivity index (χ3n) is 4.25. The smallest absolute Gasteiger partial charge is 0.243 e. The number of nitrogens with one attached hydrogen (secondary N) is 1. The number of amides is 1. The minimum Gasteiger partial charge on any atom is -0.375 e. The lowest BCUT2D eigenvalue weighted by atomic mass is 9.77. The Bertz CT molecular complexity index is 341. The van der Waals surface area contributed by atoms with Gasteiger partial charge in [0.2, 0.25) is 5.91 Å². The zero-order valence-electron chi connectivity index (χ0n) is 13.0. The second-order valence-corrected chi connectivity index (χ2v) is 6.12. The van der Waals surface area contributed by atoms with E-state index in [4.69, 9.17) is 4.74 Å². The molecule has 1 fully saturated rings. The van der Waals surface area contributed by atoms with Gasteiger partial charge in [0.1, 0.15) is 0 Å². The Balaban J connectivity index is 2.11. The fourth-order valence-corrected chi connectivity index (χ4v) is 2.69. The molecular weight excluding hydrogens is 250 g/mol. The summed E-state index contributed by atoms with van der Waals surface area (Å²) in [5.41, 5.74) is 1.35. The molecule has 0 aliphatic heterocycles. The van der Waals surface area contributed by atoms with Crippen LogP contribution in [0.5, 0.6) is 0 Å². The summed E-state index contributed by atoms with van der Waals surface area (Å²) in [6, 6.07) is 0. The number of rotatable bonds is 8. The molecule has 0 aromatic heterocycles. The summed E-state index contributed by atoms with van der Waals surface area (Å²) >= 11 is 0. The Hall–Kier alpha value is -1.09. The molecule has 0 spiro atoms. The molecule has 0 aromatic carbocycles. The third-order valence-corrected chi connectivity index (χ3v) is 4.25. The van der Waals surface area contributed by atoms with Gasteiger partial charge in [0.15, 0.2) is 0 Å². The van der Waals surface area contributed by atoms with E-state index in [0.717, 1.165) is 32.3 Å². The van der Waals surface area contributed by atoms with E-state index in [9.17, 15) is 4.79 Å². The topological polar surface area (TPSA) is 38.3 Å². The predicted molar refractivity (Wildman–Crippen MR) is 83.6 cm³/mol. The van der Waals surface area contributed by atoms with Gasteiger partial charge in [-0.25, -0.2) is 0 Å². The van der Waals surface area contributed by atoms with Gasteiger partial charge in [0.25, 0.3) is 0 Å². The monoisotopic (exact) mass is 279 g/mol. The Kier molecular flexibility index (Phi) is 7.00. The van der Waals surface area contributed by atoms with Gasteiger partial charge in [-0.1, -0.05) is 18.7 Å². The molecule has 0 bridgehead atoms. The molecule has 1 rings (SSSR count). The molecule has 3 nitrogen and oxygen atoms in total. The molecule has 0 aromatic rings. The van der Waals surface area contributed by atoms with Crippen molar-refractivity contribution in [2.24, 2.45) is 5.92 Å². The molecule has 1 N–H and O–H groups in total. The molecule has 0 heterocycles. The average molecular weight is 279 g/mol. The molecule has 1 saturated carbocycles. The van der Waals surface area contributed by atoms with Crippen LogP contribution in [0.4, 0.5) is 0 Å². The Morgan fingerprint density at radius 2 is 2.05 bits per heavy atom. The minimum atomic E-state index is -0.101. The Morgan fingerprint density at radius 1 is 1.40 bits per heavy atom. The molecule has 0 radical (unpaired) electrons. The lowest BCUT2D eigenvalue weighted by Crippen LogP contribution is -2.34. The van der Waals surface area contributed by atoms with Crippen LogP contribution in [0.1, 0.15) is 52.4 Å². The first-order valence-electron chi connectivity index (χ1n) is 7.66. The highest BCUT2D eigenvalue weighted by atomic mass is 16.5. The maximum absolute atomic E-state index is 11.0. The van der Waals surface area contributed by atoms with Crippen molar-refractivity contribution in [1.82, 2.24) is 5.32 Å². The SMILES string of the molecule is C=CC(=O)NCCCCOC1(C)CCC(C(=C)C)CC1. The van der Waals surface area contributed by atoms with Crippen LogP contribution in [0.2, 0.25) is 0 Å². The zero-order valence-corrected chi connectivity index (χ0v) is 13.0. The van der Waals surface area contributed by atoms with Crippen molar-refractivity contribution in [3.05, 3.63) is 24.8 Å². The summed E-state index contributed by atoms with van der Waals surface area (Å²) in [6.07, 6.45) is 7.87. The van der Waals surface area contributed by atoms with E-state index < -0.39 is 0 Å². The van der Waals surface area contributed by atoms with Gasteiger partial charge in [0, 0.05) is 13.2 Å². The molecule has 114 valence electrons. The highest BCUT2D eigenvalue weighted by Crippen LogP contribution is 2.37. The molecular formula is C17H29NO2. The van der Waals surface area contributed by atoms with Crippen LogP contribution in [-0.4, -0.2) is 24.7 Å². The summed E-state index contributed by atoms with van der Waals surface area (Å²) in [4.78, 5) is 11.0. The lowest BCUT2D eigenvalue weighted by Gasteiger charge is -2.37. The molecule has 1 amide bonds. The highest BCUT2D eigenvalue weighted by molar-refractivity contribution is 5.86. The molecule has 1 aliphatic carbocycles. The average Bonchev–Trinajstić information content (AvgIpc) is 2.42. The maximum atomic E-state index is 11.0. The molecule has 3 heteroatoms. The summed E-state index contributed by atoms with van der Waals surface area (Å²) in [7, 11) is 0. The number of allylic oxidation sites excluding steroid dienone is 1. The van der Waals surface area contributed by atoms with E-state index >= 15 is 0 Å². The lowest BCUT2D eigenvalue weighted by molar-refractivity contribution is -0.116. The van der Waals surface area contributed by atoms with E-state index in [2.05, 4.69) is 32.3 Å². The van der Waals surface area contributed by atoms with Gasteiger partial charge >= 0.3 is 0 Å². The number of ether oxygens (including phenoxy) is 1. The Labute approximate surface area is 123 Å². The van der Waals surface area contributed by atoms with Gasteiger partial charge < -0.3 is 10.1 Å². The summed E-state index contributed by atoms with van der Waals surface area (Å²) in [5.74, 6) is 0.580. The van der Waals surface area contributed by atoms with Crippen molar-refractivity contribution in [1.29, 1.82) is 0 Å². The quantitative estimate of drug-likeness (QED) is 0.419. The second kappa shape index (κ2) is 8.25. The maximum Gasteiger partial charge on any atom is 0.243 e. The van der Waals surface area contributed by atoms with Crippen LogP contribution in [0.15, 0.2) is 24.8 Å². The molecule has 1 aliphatic rings. The van der Waals surface area contributed by atoms with Gasteiger partial charge in [0.05, 0.1) is 5.60 Å². The Morgan fingerprint density at radius 3 is 2.60 bits per heavy atom. The summed E-state index contributed by atoms with van der Waals surface area (Å²) in [5, 5.41) is 2.78. The first-order chi connectivity index (χ1) is 9.47. The van der Waals surface area contributed by atoms with Crippen LogP contribution in [-0.2, 0) is 9.53 Å². The van der Waals surface area contributed by atoms with Crippen molar-refractivity contribution >= 4 is 5.91 Å². The standard InChI is InChI=1S/C17H29NO2/c1-5-16(19)18-12-6-7-13-20-17(4)10-8-15(9-11-17)14(2)3/h5,15H,1-2,6-13H2,3-4H3,(H,18,19). The second-order valence-electron chi connectivity index (χ2n) is 6.12. The van der Waals surface area contributed by atoms with E-state index in [1.807, 2.05) is 0 Å². The molecule has 0 saturated heterocycles. The number of hydrogen-bond acceptors (Lipinski definition) is 2. The van der Waals surface area contributed by atoms with E-state index in [1.54, 1.807) is 0 Å². The van der Waals surface area contributed by atoms with E-state index in [-0.39, 0.29) is 11.5 Å². The van der Waals surface area contributed by atoms with Gasteiger partial charge in [-0.05, 0) is 64.4 Å². The number of carbonyl (C=O) groups is 1. The minimum absolute atomic E-state index is 0.0380. The third kappa shape index (κ3) is 5.91. The van der Waals surface area contributed by atoms with Gasteiger partial charge in [-0.2, -0.15) is 0 Å². The van der Waals surface area contributed by atoms with Crippen LogP contribution < -0.4 is 5.32 Å². The number of unbranched alkanes of at least 4 members (excludes halogenated alkanes) is 1. The first kappa shape index (κ1) is 17.0. The van der Waals surface area contributed by atoms with Crippen molar-refractivity contribution in [2.45, 2.75) is 58.0 Å². The number of hydrogen-bond donors (Lipinski definition) is 1. The number of carbonyl (C=O) groups excluding carboxylic acids is 1. The van der Waals surface area contributed by atoms with Gasteiger partial charge in [-0.15, -0.1) is 0 Å². The van der Waals surface area contributed by atoms with Crippen molar-refractivity contribution in [3.8, 4) is 0 Å². The predicted octanol–water partition coefficient (Wildman–Crippen LogP) is 3.61. The van der Waals surface area contributed by atoms with Crippen molar-refractivity contribution < 1.29 is 9.53 Å². The summed E-state index contributed by atoms with van der Waals surface area (Å²) < 4.78 is 6.07. The van der Waals surface area contributed by atoms with Crippen LogP contribution in [0.3, 0.4) is 0 Å². The first-order valence-corrected chi connectivity index (χ1v) is 7.66. The van der Waals surface area contributed by atoms with Crippen LogP contribution in [0, 0.1) is 5.92 Å². The van der Waals surface area contributed by atoms with Crippen molar-refractivity contribution in [2.75, 3.05) is 13.2 Å². The van der Waals surface area contributed by atoms with Crippen LogP contribution >= 0.6 is 0 Å². The fourth-order valence-electron chi connectivity index (χ4n) is 2.69. The normalized spacial score (nSPS) is 26.0. The van der Waals surface area contributed by atoms with E-state index in [0.29, 0.717) is 12.5 Å².